The first kappa shape index (κ1) is 18.7. The number of ether oxygens (including phenoxy) is 3. The van der Waals surface area contributed by atoms with E-state index < -0.39 is 23.7 Å². The SMILES string of the molecule is COc1cc(C(=O)C[C@]2(O)C(=O)Nc3ccc(C)cc32)cc(OC)c1OC. The van der Waals surface area contributed by atoms with Gasteiger partial charge in [0.15, 0.2) is 22.9 Å². The zero-order valence-electron chi connectivity index (χ0n) is 15.6. The lowest BCUT2D eigenvalue weighted by Crippen LogP contribution is -2.36. The molecule has 3 rings (SSSR count). The highest BCUT2D eigenvalue weighted by Crippen LogP contribution is 2.42. The van der Waals surface area contributed by atoms with E-state index in [9.17, 15) is 14.7 Å². The fourth-order valence-electron chi connectivity index (χ4n) is 3.21. The summed E-state index contributed by atoms with van der Waals surface area (Å²) in [6, 6.07) is 8.24. The van der Waals surface area contributed by atoms with Gasteiger partial charge in [0.2, 0.25) is 5.75 Å². The smallest absolute Gasteiger partial charge is 0.261 e. The monoisotopic (exact) mass is 371 g/mol. The molecule has 7 nitrogen and oxygen atoms in total. The second-order valence-electron chi connectivity index (χ2n) is 6.38. The Morgan fingerprint density at radius 3 is 2.26 bits per heavy atom. The molecular formula is C20H21NO6. The van der Waals surface area contributed by atoms with Gasteiger partial charge in [-0.05, 0) is 25.1 Å². The highest BCUT2D eigenvalue weighted by Gasteiger charge is 2.47. The molecule has 0 unspecified atom stereocenters. The number of rotatable bonds is 6. The van der Waals surface area contributed by atoms with Crippen LogP contribution in [0.25, 0.3) is 0 Å². The van der Waals surface area contributed by atoms with Gasteiger partial charge in [0.1, 0.15) is 0 Å². The number of nitrogens with one attached hydrogen (secondary N) is 1. The third kappa shape index (κ3) is 3.10. The van der Waals surface area contributed by atoms with Crippen LogP contribution in [0, 0.1) is 6.92 Å². The van der Waals surface area contributed by atoms with Crippen LogP contribution in [0.5, 0.6) is 17.2 Å². The number of benzene rings is 2. The molecule has 142 valence electrons. The summed E-state index contributed by atoms with van der Waals surface area (Å²) in [6.07, 6.45) is -0.409. The van der Waals surface area contributed by atoms with Crippen molar-refractivity contribution in [2.45, 2.75) is 18.9 Å². The number of carbonyl (C=O) groups excluding carboxylic acids is 2. The first-order valence-corrected chi connectivity index (χ1v) is 8.32. The van der Waals surface area contributed by atoms with Gasteiger partial charge in [-0.3, -0.25) is 9.59 Å². The van der Waals surface area contributed by atoms with E-state index >= 15 is 0 Å². The van der Waals surface area contributed by atoms with E-state index in [2.05, 4.69) is 5.32 Å². The Morgan fingerprint density at radius 1 is 1.07 bits per heavy atom. The first-order chi connectivity index (χ1) is 12.8. The number of Topliss-reactive ketones (excluding diaryl/α,β-unsaturated/α-hetero) is 1. The van der Waals surface area contributed by atoms with Crippen molar-refractivity contribution in [2.75, 3.05) is 26.6 Å². The standard InChI is InChI=1S/C20H21NO6/c1-11-5-6-14-13(7-11)20(24,19(23)21-14)10-15(22)12-8-16(25-2)18(27-4)17(9-12)26-3/h5-9,24H,10H2,1-4H3,(H,21,23)/t20-/m1/s1. The Hall–Kier alpha value is -3.06. The van der Waals surface area contributed by atoms with Crippen LogP contribution < -0.4 is 19.5 Å². The minimum atomic E-state index is -1.93. The predicted octanol–water partition coefficient (Wildman–Crippen LogP) is 2.43. The molecule has 1 amide bonds. The summed E-state index contributed by atoms with van der Waals surface area (Å²) in [5.41, 5.74) is 0.0913. The average Bonchev–Trinajstić information content (AvgIpc) is 2.90. The van der Waals surface area contributed by atoms with Crippen molar-refractivity contribution in [1.29, 1.82) is 0 Å². The van der Waals surface area contributed by atoms with Gasteiger partial charge < -0.3 is 24.6 Å². The van der Waals surface area contributed by atoms with Crippen LogP contribution >= 0.6 is 0 Å². The molecule has 0 fully saturated rings. The second kappa shape index (κ2) is 6.92. The molecular weight excluding hydrogens is 350 g/mol. The molecule has 0 aliphatic carbocycles. The summed E-state index contributed by atoms with van der Waals surface area (Å²) >= 11 is 0. The third-order valence-corrected chi connectivity index (χ3v) is 4.65. The summed E-state index contributed by atoms with van der Waals surface area (Å²) in [4.78, 5) is 25.3. The fraction of sp³-hybridized carbons (Fsp3) is 0.300. The highest BCUT2D eigenvalue weighted by atomic mass is 16.5. The highest BCUT2D eigenvalue weighted by molar-refractivity contribution is 6.09. The number of aryl methyl sites for hydroxylation is 1. The van der Waals surface area contributed by atoms with Crippen molar-refractivity contribution in [3.63, 3.8) is 0 Å². The van der Waals surface area contributed by atoms with E-state index in [-0.39, 0.29) is 5.56 Å². The minimum Gasteiger partial charge on any atom is -0.493 e. The molecule has 7 heteroatoms. The summed E-state index contributed by atoms with van der Waals surface area (Å²) in [6.45, 7) is 1.85. The normalized spacial score (nSPS) is 17.9. The maximum atomic E-state index is 12.9. The molecule has 1 aliphatic heterocycles. The maximum Gasteiger partial charge on any atom is 0.261 e. The molecule has 2 aromatic rings. The molecule has 0 saturated heterocycles. The number of fused-ring (bicyclic) bond motifs is 1. The quantitative estimate of drug-likeness (QED) is 0.758. The molecule has 0 spiro atoms. The summed E-state index contributed by atoms with van der Waals surface area (Å²) < 4.78 is 15.8. The lowest BCUT2D eigenvalue weighted by Gasteiger charge is -2.21. The van der Waals surface area contributed by atoms with E-state index in [0.717, 1.165) is 5.56 Å². The van der Waals surface area contributed by atoms with Crippen LogP contribution in [-0.2, 0) is 10.4 Å². The Kier molecular flexibility index (Phi) is 4.80. The number of hydrogen-bond acceptors (Lipinski definition) is 6. The number of anilines is 1. The van der Waals surface area contributed by atoms with Gasteiger partial charge in [0.05, 0.1) is 27.8 Å². The number of methoxy groups -OCH3 is 3. The van der Waals surface area contributed by atoms with Gasteiger partial charge in [0, 0.05) is 16.8 Å². The minimum absolute atomic E-state index is 0.242. The van der Waals surface area contributed by atoms with Crippen molar-refractivity contribution >= 4 is 17.4 Å². The number of ketones is 1. The number of hydrogen-bond donors (Lipinski definition) is 2. The van der Waals surface area contributed by atoms with E-state index in [4.69, 9.17) is 14.2 Å². The van der Waals surface area contributed by atoms with Crippen molar-refractivity contribution in [1.82, 2.24) is 0 Å². The summed E-state index contributed by atoms with van der Waals surface area (Å²) in [5, 5.41) is 13.6. The Labute approximate surface area is 156 Å². The molecule has 0 saturated carbocycles. The topological polar surface area (TPSA) is 94.1 Å². The van der Waals surface area contributed by atoms with Crippen molar-refractivity contribution < 1.29 is 28.9 Å². The summed E-state index contributed by atoms with van der Waals surface area (Å²) in [5.74, 6) is -0.0568. The van der Waals surface area contributed by atoms with Crippen LogP contribution in [0.3, 0.4) is 0 Å². The van der Waals surface area contributed by atoms with Gasteiger partial charge in [-0.2, -0.15) is 0 Å². The summed E-state index contributed by atoms with van der Waals surface area (Å²) in [7, 11) is 4.36. The zero-order valence-corrected chi connectivity index (χ0v) is 15.6. The fourth-order valence-corrected chi connectivity index (χ4v) is 3.21. The van der Waals surface area contributed by atoms with E-state index in [1.165, 1.54) is 33.5 Å². The number of carbonyl (C=O) groups is 2. The maximum absolute atomic E-state index is 12.9. The molecule has 2 N–H and O–H groups in total. The molecule has 2 aromatic carbocycles. The van der Waals surface area contributed by atoms with Crippen LogP contribution in [0.1, 0.15) is 27.9 Å². The molecule has 1 heterocycles. The lowest BCUT2D eigenvalue weighted by atomic mass is 9.87. The Balaban J connectivity index is 1.99. The molecule has 0 aromatic heterocycles. The first-order valence-electron chi connectivity index (χ1n) is 8.32. The van der Waals surface area contributed by atoms with Gasteiger partial charge >= 0.3 is 0 Å². The molecule has 0 radical (unpaired) electrons. The third-order valence-electron chi connectivity index (χ3n) is 4.65. The second-order valence-corrected chi connectivity index (χ2v) is 6.38. The average molecular weight is 371 g/mol. The van der Waals surface area contributed by atoms with Gasteiger partial charge in [-0.1, -0.05) is 17.7 Å². The van der Waals surface area contributed by atoms with Crippen molar-refractivity contribution in [2.24, 2.45) is 0 Å². The Bertz CT molecular complexity index is 898. The largest absolute Gasteiger partial charge is 0.493 e. The van der Waals surface area contributed by atoms with Crippen molar-refractivity contribution in [3.05, 3.63) is 47.0 Å². The van der Waals surface area contributed by atoms with Crippen LogP contribution in [0.2, 0.25) is 0 Å². The molecule has 1 aliphatic rings. The number of aliphatic hydroxyl groups is 1. The predicted molar refractivity (Wildman–Crippen MR) is 98.8 cm³/mol. The van der Waals surface area contributed by atoms with Crippen molar-refractivity contribution in [3.8, 4) is 17.2 Å². The van der Waals surface area contributed by atoms with E-state index in [1.807, 2.05) is 13.0 Å². The molecule has 27 heavy (non-hydrogen) atoms. The van der Waals surface area contributed by atoms with E-state index in [1.54, 1.807) is 12.1 Å². The van der Waals surface area contributed by atoms with Gasteiger partial charge in [-0.25, -0.2) is 0 Å². The van der Waals surface area contributed by atoms with Gasteiger partial charge in [-0.15, -0.1) is 0 Å². The van der Waals surface area contributed by atoms with E-state index in [0.29, 0.717) is 28.5 Å². The van der Waals surface area contributed by atoms with Crippen LogP contribution in [0.15, 0.2) is 30.3 Å². The lowest BCUT2D eigenvalue weighted by molar-refractivity contribution is -0.133. The number of amides is 1. The Morgan fingerprint density at radius 2 is 1.70 bits per heavy atom. The van der Waals surface area contributed by atoms with Crippen LogP contribution in [0.4, 0.5) is 5.69 Å². The molecule has 0 bridgehead atoms. The zero-order chi connectivity index (χ0) is 19.8. The van der Waals surface area contributed by atoms with Gasteiger partial charge in [0.25, 0.3) is 5.91 Å². The van der Waals surface area contributed by atoms with Crippen LogP contribution in [-0.4, -0.2) is 38.1 Å². The molecule has 1 atom stereocenters.